The summed E-state index contributed by atoms with van der Waals surface area (Å²) in [6.45, 7) is 8.59. The van der Waals surface area contributed by atoms with Crippen LogP contribution in [0.5, 0.6) is 0 Å². The smallest absolute Gasteiger partial charge is 0.0972 e. The van der Waals surface area contributed by atoms with Crippen LogP contribution in [0.2, 0.25) is 0 Å². The molecule has 3 N–H and O–H groups in total. The third-order valence-electron chi connectivity index (χ3n) is 3.81. The molecule has 0 bridgehead atoms. The lowest BCUT2D eigenvalue weighted by atomic mass is 9.83. The molecule has 1 unspecified atom stereocenters. The van der Waals surface area contributed by atoms with Gasteiger partial charge in [0.2, 0.25) is 0 Å². The molecule has 1 atom stereocenters. The molecule has 1 aromatic rings. The molecule has 0 amide bonds. The van der Waals surface area contributed by atoms with E-state index in [1.807, 2.05) is 6.92 Å². The quantitative estimate of drug-likeness (QED) is 0.825. The van der Waals surface area contributed by atoms with Crippen LogP contribution in [0.1, 0.15) is 56.4 Å². The molecule has 1 aliphatic rings. The van der Waals surface area contributed by atoms with E-state index in [-0.39, 0.29) is 11.0 Å². The van der Waals surface area contributed by atoms with Gasteiger partial charge < -0.3 is 10.8 Å². The van der Waals surface area contributed by atoms with E-state index in [0.717, 1.165) is 24.0 Å². The van der Waals surface area contributed by atoms with Gasteiger partial charge in [-0.25, -0.2) is 0 Å². The van der Waals surface area contributed by atoms with Gasteiger partial charge in [0.15, 0.2) is 0 Å². The molecule has 1 aromatic carbocycles. The number of benzene rings is 1. The Morgan fingerprint density at radius 1 is 1.29 bits per heavy atom. The van der Waals surface area contributed by atoms with Crippen LogP contribution in [0.4, 0.5) is 0 Å². The molecule has 0 spiro atoms. The Morgan fingerprint density at radius 3 is 2.35 bits per heavy atom. The van der Waals surface area contributed by atoms with Crippen molar-refractivity contribution in [2.45, 2.75) is 57.6 Å². The fourth-order valence-corrected chi connectivity index (χ4v) is 2.13. The highest BCUT2D eigenvalue weighted by molar-refractivity contribution is 5.38. The Morgan fingerprint density at radius 2 is 1.88 bits per heavy atom. The molecule has 0 saturated heterocycles. The first-order valence-electron chi connectivity index (χ1n) is 6.32. The van der Waals surface area contributed by atoms with Crippen molar-refractivity contribution >= 4 is 0 Å². The lowest BCUT2D eigenvalue weighted by molar-refractivity contribution is 0.135. The van der Waals surface area contributed by atoms with Gasteiger partial charge in [0.1, 0.15) is 0 Å². The zero-order valence-electron chi connectivity index (χ0n) is 11.2. The monoisotopic (exact) mass is 233 g/mol. The summed E-state index contributed by atoms with van der Waals surface area (Å²) < 4.78 is 0. The Kier molecular flexibility index (Phi) is 2.83. The van der Waals surface area contributed by atoms with Crippen molar-refractivity contribution in [1.29, 1.82) is 0 Å². The summed E-state index contributed by atoms with van der Waals surface area (Å²) in [6, 6.07) is 6.35. The zero-order valence-corrected chi connectivity index (χ0v) is 11.2. The number of nitrogens with two attached hydrogens (primary N) is 1. The maximum Gasteiger partial charge on any atom is 0.0972 e. The minimum absolute atomic E-state index is 0.105. The van der Waals surface area contributed by atoms with Gasteiger partial charge in [-0.3, -0.25) is 0 Å². The predicted octanol–water partition coefficient (Wildman–Crippen LogP) is 2.82. The van der Waals surface area contributed by atoms with Crippen molar-refractivity contribution in [2.24, 2.45) is 5.73 Å². The molecule has 0 aromatic heterocycles. The predicted molar refractivity (Wildman–Crippen MR) is 71.0 cm³/mol. The summed E-state index contributed by atoms with van der Waals surface area (Å²) >= 11 is 0. The normalized spacial score (nSPS) is 20.1. The van der Waals surface area contributed by atoms with Crippen molar-refractivity contribution in [3.63, 3.8) is 0 Å². The van der Waals surface area contributed by atoms with E-state index >= 15 is 0 Å². The summed E-state index contributed by atoms with van der Waals surface area (Å²) in [4.78, 5) is 0. The number of aliphatic hydroxyl groups is 1. The molecule has 2 nitrogen and oxygen atoms in total. The average molecular weight is 233 g/mol. The molecule has 1 fully saturated rings. The van der Waals surface area contributed by atoms with Crippen LogP contribution in [-0.4, -0.2) is 10.6 Å². The Hall–Kier alpha value is -0.860. The van der Waals surface area contributed by atoms with Crippen LogP contribution < -0.4 is 5.73 Å². The van der Waals surface area contributed by atoms with Crippen molar-refractivity contribution < 1.29 is 5.11 Å². The average Bonchev–Trinajstić information content (AvgIpc) is 2.96. The van der Waals surface area contributed by atoms with Crippen LogP contribution in [0, 0.1) is 6.92 Å². The number of hydrogen-bond acceptors (Lipinski definition) is 2. The van der Waals surface area contributed by atoms with E-state index in [9.17, 15) is 5.11 Å². The number of rotatable bonds is 2. The van der Waals surface area contributed by atoms with Gasteiger partial charge in [0.05, 0.1) is 6.10 Å². The second-order valence-electron chi connectivity index (χ2n) is 6.46. The largest absolute Gasteiger partial charge is 0.386 e. The Bertz CT molecular complexity index is 427. The first-order chi connectivity index (χ1) is 7.74. The van der Waals surface area contributed by atoms with Crippen molar-refractivity contribution in [3.05, 3.63) is 34.9 Å². The molecule has 1 saturated carbocycles. The fraction of sp³-hybridized carbons (Fsp3) is 0.600. The molecule has 0 heterocycles. The highest BCUT2D eigenvalue weighted by Gasteiger charge is 2.46. The maximum atomic E-state index is 10.4. The molecule has 94 valence electrons. The summed E-state index contributed by atoms with van der Waals surface area (Å²) in [7, 11) is 0. The van der Waals surface area contributed by atoms with Crippen LogP contribution in [-0.2, 0) is 5.41 Å². The molecule has 17 heavy (non-hydrogen) atoms. The van der Waals surface area contributed by atoms with Gasteiger partial charge in [0.25, 0.3) is 0 Å². The van der Waals surface area contributed by atoms with Gasteiger partial charge in [-0.15, -0.1) is 0 Å². The van der Waals surface area contributed by atoms with E-state index in [2.05, 4.69) is 39.0 Å². The lowest BCUT2D eigenvalue weighted by Gasteiger charge is -2.25. The van der Waals surface area contributed by atoms with Gasteiger partial charge in [-0.05, 0) is 41.9 Å². The van der Waals surface area contributed by atoms with Crippen LogP contribution in [0.15, 0.2) is 18.2 Å². The summed E-state index contributed by atoms with van der Waals surface area (Å²) in [5.41, 5.74) is 9.21. The second-order valence-corrected chi connectivity index (χ2v) is 6.46. The molecule has 1 aliphatic carbocycles. The number of hydrogen-bond donors (Lipinski definition) is 2. The third-order valence-corrected chi connectivity index (χ3v) is 3.81. The molecule has 2 heteroatoms. The number of aryl methyl sites for hydroxylation is 1. The minimum Gasteiger partial charge on any atom is -0.386 e. The van der Waals surface area contributed by atoms with E-state index < -0.39 is 6.10 Å². The SMILES string of the molecule is Cc1ccc(C(C)(C)C)cc1C(O)C1(N)CC1. The van der Waals surface area contributed by atoms with E-state index in [1.54, 1.807) is 0 Å². The van der Waals surface area contributed by atoms with Crippen molar-refractivity contribution in [1.82, 2.24) is 0 Å². The van der Waals surface area contributed by atoms with Crippen LogP contribution >= 0.6 is 0 Å². The third kappa shape index (κ3) is 2.38. The maximum absolute atomic E-state index is 10.4. The van der Waals surface area contributed by atoms with Crippen LogP contribution in [0.25, 0.3) is 0 Å². The van der Waals surface area contributed by atoms with E-state index in [1.165, 1.54) is 5.56 Å². The van der Waals surface area contributed by atoms with E-state index in [4.69, 9.17) is 5.73 Å². The Labute approximate surface area is 104 Å². The first-order valence-corrected chi connectivity index (χ1v) is 6.32. The summed E-state index contributed by atoms with van der Waals surface area (Å²) in [5, 5.41) is 10.4. The fourth-order valence-electron chi connectivity index (χ4n) is 2.13. The van der Waals surface area contributed by atoms with E-state index in [0.29, 0.717) is 0 Å². The molecular formula is C15H23NO. The minimum atomic E-state index is -0.523. The second kappa shape index (κ2) is 3.82. The van der Waals surface area contributed by atoms with Crippen LogP contribution in [0.3, 0.4) is 0 Å². The van der Waals surface area contributed by atoms with Crippen molar-refractivity contribution in [3.8, 4) is 0 Å². The zero-order chi connectivity index (χ0) is 12.8. The standard InChI is InChI=1S/C15H23NO/c1-10-5-6-11(14(2,3)4)9-12(10)13(17)15(16)7-8-15/h5-6,9,13,17H,7-8,16H2,1-4H3. The van der Waals surface area contributed by atoms with Gasteiger partial charge >= 0.3 is 0 Å². The number of aliphatic hydroxyl groups excluding tert-OH is 1. The summed E-state index contributed by atoms with van der Waals surface area (Å²) in [5.74, 6) is 0. The molecule has 2 rings (SSSR count). The van der Waals surface area contributed by atoms with Gasteiger partial charge in [-0.1, -0.05) is 39.0 Å². The van der Waals surface area contributed by atoms with Crippen molar-refractivity contribution in [2.75, 3.05) is 0 Å². The van der Waals surface area contributed by atoms with Gasteiger partial charge in [0, 0.05) is 5.54 Å². The molecular weight excluding hydrogens is 210 g/mol. The topological polar surface area (TPSA) is 46.2 Å². The lowest BCUT2D eigenvalue weighted by Crippen LogP contribution is -2.31. The highest BCUT2D eigenvalue weighted by Crippen LogP contribution is 2.44. The molecule has 0 radical (unpaired) electrons. The molecule has 0 aliphatic heterocycles. The first kappa shape index (κ1) is 12.6. The van der Waals surface area contributed by atoms with Gasteiger partial charge in [-0.2, -0.15) is 0 Å². The highest BCUT2D eigenvalue weighted by atomic mass is 16.3. The summed E-state index contributed by atoms with van der Waals surface area (Å²) in [6.07, 6.45) is 1.32. The Balaban J connectivity index is 2.39.